The van der Waals surface area contributed by atoms with Crippen LogP contribution in [0.3, 0.4) is 0 Å². The number of benzene rings is 1. The Morgan fingerprint density at radius 1 is 1.00 bits per heavy atom. The molecule has 1 aromatic carbocycles. The summed E-state index contributed by atoms with van der Waals surface area (Å²) >= 11 is 0. The van der Waals surface area contributed by atoms with E-state index in [-0.39, 0.29) is 18.3 Å². The molecule has 3 nitrogen and oxygen atoms in total. The zero-order valence-corrected chi connectivity index (χ0v) is 14.3. The van der Waals surface area contributed by atoms with E-state index in [1.807, 2.05) is 6.07 Å². The fraction of sp³-hybridized carbons (Fsp3) is 0.667. The molecule has 3 rings (SSSR count). The summed E-state index contributed by atoms with van der Waals surface area (Å²) in [6.45, 7) is 8.30. The zero-order valence-electron chi connectivity index (χ0n) is 14.3. The van der Waals surface area contributed by atoms with Crippen molar-refractivity contribution in [1.82, 2.24) is 0 Å². The van der Waals surface area contributed by atoms with E-state index < -0.39 is 0 Å². The predicted molar refractivity (Wildman–Crippen MR) is 92.4 cm³/mol. The van der Waals surface area contributed by atoms with E-state index in [0.29, 0.717) is 5.92 Å². The van der Waals surface area contributed by atoms with Gasteiger partial charge in [-0.3, -0.25) is 0 Å². The average Bonchev–Trinajstić information content (AvgIpc) is 2.68. The molecule has 1 aliphatic heterocycles. The minimum atomic E-state index is -0.326. The molecule has 0 amide bonds. The molecule has 1 heterocycles. The quantitative estimate of drug-likeness (QED) is 0.670. The van der Waals surface area contributed by atoms with Gasteiger partial charge in [0, 0.05) is 5.69 Å². The van der Waals surface area contributed by atoms with Gasteiger partial charge in [-0.25, -0.2) is 0 Å². The Labute approximate surface area is 134 Å². The summed E-state index contributed by atoms with van der Waals surface area (Å²) in [5.41, 5.74) is 8.94. The van der Waals surface area contributed by atoms with Crippen molar-refractivity contribution in [3.8, 4) is 0 Å². The summed E-state index contributed by atoms with van der Waals surface area (Å²) in [6.07, 6.45) is 6.54. The van der Waals surface area contributed by atoms with Crippen LogP contribution in [0.5, 0.6) is 0 Å². The third-order valence-corrected chi connectivity index (χ3v) is 5.68. The largest absolute Gasteiger partial charge is 0.494 e. The van der Waals surface area contributed by atoms with Gasteiger partial charge in [-0.05, 0) is 63.5 Å². The maximum Gasteiger partial charge on any atom is 0.494 e. The first-order chi connectivity index (χ1) is 10.3. The molecule has 0 bridgehead atoms. The molecule has 0 radical (unpaired) electrons. The van der Waals surface area contributed by atoms with E-state index in [2.05, 4.69) is 39.8 Å². The molecule has 0 unspecified atom stereocenters. The average molecular weight is 301 g/mol. The molecule has 0 atom stereocenters. The van der Waals surface area contributed by atoms with Crippen molar-refractivity contribution in [3.63, 3.8) is 0 Å². The third-order valence-electron chi connectivity index (χ3n) is 5.68. The summed E-state index contributed by atoms with van der Waals surface area (Å²) in [5, 5.41) is 0. The monoisotopic (exact) mass is 301 g/mol. The number of hydrogen-bond acceptors (Lipinski definition) is 3. The highest BCUT2D eigenvalue weighted by atomic mass is 16.7. The number of nitrogens with two attached hydrogens (primary N) is 1. The van der Waals surface area contributed by atoms with Gasteiger partial charge in [0.25, 0.3) is 0 Å². The number of hydrogen-bond donors (Lipinski definition) is 1. The van der Waals surface area contributed by atoms with Crippen LogP contribution in [0, 0.1) is 0 Å². The van der Waals surface area contributed by atoms with Crippen LogP contribution >= 0.6 is 0 Å². The van der Waals surface area contributed by atoms with E-state index in [1.54, 1.807) is 0 Å². The van der Waals surface area contributed by atoms with Gasteiger partial charge in [0.05, 0.1) is 11.2 Å². The van der Waals surface area contributed by atoms with Gasteiger partial charge in [0.15, 0.2) is 0 Å². The Kier molecular flexibility index (Phi) is 4.02. The highest BCUT2D eigenvalue weighted by molar-refractivity contribution is 6.62. The van der Waals surface area contributed by atoms with Crippen LogP contribution < -0.4 is 11.2 Å². The summed E-state index contributed by atoms with van der Waals surface area (Å²) in [6, 6.07) is 6.36. The second kappa shape index (κ2) is 5.57. The molecule has 2 fully saturated rings. The van der Waals surface area contributed by atoms with Crippen molar-refractivity contribution in [2.45, 2.75) is 76.9 Å². The van der Waals surface area contributed by atoms with Crippen LogP contribution in [0.1, 0.15) is 71.3 Å². The predicted octanol–water partition coefficient (Wildman–Crippen LogP) is 3.62. The van der Waals surface area contributed by atoms with Crippen LogP contribution in [-0.4, -0.2) is 18.3 Å². The number of rotatable bonds is 2. The Morgan fingerprint density at radius 3 is 2.14 bits per heavy atom. The SMILES string of the molecule is CC1(C)OB(c2ccc(C3CCCCC3)c(N)c2)OC1(C)C. The van der Waals surface area contributed by atoms with Gasteiger partial charge >= 0.3 is 7.12 Å². The van der Waals surface area contributed by atoms with Crippen LogP contribution in [0.2, 0.25) is 0 Å². The molecule has 2 N–H and O–H groups in total. The van der Waals surface area contributed by atoms with E-state index in [1.165, 1.54) is 37.7 Å². The second-order valence-corrected chi connectivity index (χ2v) is 7.81. The van der Waals surface area contributed by atoms with Crippen molar-refractivity contribution in [1.29, 1.82) is 0 Å². The summed E-state index contributed by atoms with van der Waals surface area (Å²) < 4.78 is 12.2. The molecule has 1 aliphatic carbocycles. The number of anilines is 1. The van der Waals surface area contributed by atoms with Gasteiger partial charge < -0.3 is 15.0 Å². The van der Waals surface area contributed by atoms with Crippen LogP contribution in [0.15, 0.2) is 18.2 Å². The third kappa shape index (κ3) is 2.79. The molecular formula is C18H28BNO2. The molecule has 1 aromatic rings. The van der Waals surface area contributed by atoms with E-state index in [4.69, 9.17) is 15.0 Å². The highest BCUT2D eigenvalue weighted by Gasteiger charge is 2.51. The standard InChI is InChI=1S/C18H28BNO2/c1-17(2)18(3,4)22-19(21-17)14-10-11-15(16(20)12-14)13-8-6-5-7-9-13/h10-13H,5-9,20H2,1-4H3. The lowest BCUT2D eigenvalue weighted by molar-refractivity contribution is 0.00578. The van der Waals surface area contributed by atoms with E-state index >= 15 is 0 Å². The Hall–Kier alpha value is -0.995. The molecule has 22 heavy (non-hydrogen) atoms. The molecule has 2 aliphatic rings. The lowest BCUT2D eigenvalue weighted by atomic mass is 9.76. The number of nitrogen functional groups attached to an aromatic ring is 1. The second-order valence-electron chi connectivity index (χ2n) is 7.81. The van der Waals surface area contributed by atoms with Crippen LogP contribution in [0.4, 0.5) is 5.69 Å². The van der Waals surface area contributed by atoms with Crippen molar-refractivity contribution >= 4 is 18.3 Å². The van der Waals surface area contributed by atoms with Gasteiger partial charge in [-0.15, -0.1) is 0 Å². The van der Waals surface area contributed by atoms with Crippen molar-refractivity contribution in [2.24, 2.45) is 0 Å². The van der Waals surface area contributed by atoms with Gasteiger partial charge in [-0.1, -0.05) is 31.4 Å². The summed E-state index contributed by atoms with van der Waals surface area (Å²) in [7, 11) is -0.326. The molecular weight excluding hydrogens is 273 g/mol. The first kappa shape index (κ1) is 15.9. The highest BCUT2D eigenvalue weighted by Crippen LogP contribution is 2.38. The van der Waals surface area contributed by atoms with Crippen molar-refractivity contribution in [3.05, 3.63) is 23.8 Å². The fourth-order valence-corrected chi connectivity index (χ4v) is 3.50. The van der Waals surface area contributed by atoms with Crippen LogP contribution in [0.25, 0.3) is 0 Å². The normalized spacial score (nSPS) is 24.6. The Balaban J connectivity index is 1.81. The smallest absolute Gasteiger partial charge is 0.399 e. The molecule has 1 saturated carbocycles. The van der Waals surface area contributed by atoms with Gasteiger partial charge in [0.1, 0.15) is 0 Å². The van der Waals surface area contributed by atoms with Gasteiger partial charge in [-0.2, -0.15) is 0 Å². The molecule has 0 aromatic heterocycles. The minimum Gasteiger partial charge on any atom is -0.399 e. The Bertz CT molecular complexity index is 534. The molecule has 1 saturated heterocycles. The van der Waals surface area contributed by atoms with Gasteiger partial charge in [0.2, 0.25) is 0 Å². The maximum atomic E-state index is 6.34. The summed E-state index contributed by atoms with van der Waals surface area (Å²) in [4.78, 5) is 0. The minimum absolute atomic E-state index is 0.311. The topological polar surface area (TPSA) is 44.5 Å². The first-order valence-corrected chi connectivity index (χ1v) is 8.55. The van der Waals surface area contributed by atoms with Crippen molar-refractivity contribution < 1.29 is 9.31 Å². The van der Waals surface area contributed by atoms with E-state index in [0.717, 1.165) is 11.2 Å². The molecule has 0 spiro atoms. The lowest BCUT2D eigenvalue weighted by Crippen LogP contribution is -2.41. The van der Waals surface area contributed by atoms with E-state index in [9.17, 15) is 0 Å². The molecule has 4 heteroatoms. The molecule has 120 valence electrons. The zero-order chi connectivity index (χ0) is 16.0. The fourth-order valence-electron chi connectivity index (χ4n) is 3.50. The van der Waals surface area contributed by atoms with Crippen molar-refractivity contribution in [2.75, 3.05) is 5.73 Å². The summed E-state index contributed by atoms with van der Waals surface area (Å²) in [5.74, 6) is 0.626. The lowest BCUT2D eigenvalue weighted by Gasteiger charge is -2.32. The maximum absolute atomic E-state index is 6.34. The first-order valence-electron chi connectivity index (χ1n) is 8.55. The van der Waals surface area contributed by atoms with Crippen LogP contribution in [-0.2, 0) is 9.31 Å². The Morgan fingerprint density at radius 2 is 1.59 bits per heavy atom.